The average molecular weight is 385 g/mol. The number of allylic oxidation sites excluding steroid dienone is 2. The summed E-state index contributed by atoms with van der Waals surface area (Å²) in [6, 6.07) is 12.9. The molecular formula is C18H16BrF3O. The van der Waals surface area contributed by atoms with Gasteiger partial charge < -0.3 is 4.74 Å². The SMILES string of the molecule is COc1ccc(/C(=C(\CBr)c2ccc(C)cc2)C(F)(F)F)cc1. The molecule has 0 heterocycles. The summed E-state index contributed by atoms with van der Waals surface area (Å²) in [7, 11) is 1.48. The number of rotatable bonds is 4. The van der Waals surface area contributed by atoms with E-state index in [4.69, 9.17) is 4.74 Å². The van der Waals surface area contributed by atoms with Crippen molar-refractivity contribution in [1.82, 2.24) is 0 Å². The van der Waals surface area contributed by atoms with Gasteiger partial charge in [-0.15, -0.1) is 0 Å². The molecule has 1 nitrogen and oxygen atoms in total. The molecule has 0 saturated carbocycles. The van der Waals surface area contributed by atoms with Gasteiger partial charge in [-0.05, 0) is 35.8 Å². The fraction of sp³-hybridized carbons (Fsp3) is 0.222. The lowest BCUT2D eigenvalue weighted by molar-refractivity contribution is -0.0685. The maximum absolute atomic E-state index is 13.7. The zero-order valence-electron chi connectivity index (χ0n) is 12.7. The molecule has 2 aromatic carbocycles. The van der Waals surface area contributed by atoms with Gasteiger partial charge in [0.15, 0.2) is 0 Å². The quantitative estimate of drug-likeness (QED) is 0.472. The van der Waals surface area contributed by atoms with Crippen LogP contribution in [-0.2, 0) is 0 Å². The van der Waals surface area contributed by atoms with Crippen molar-refractivity contribution in [2.24, 2.45) is 0 Å². The number of aryl methyl sites for hydroxylation is 1. The van der Waals surface area contributed by atoms with Gasteiger partial charge in [-0.3, -0.25) is 0 Å². The maximum atomic E-state index is 13.7. The van der Waals surface area contributed by atoms with Crippen molar-refractivity contribution in [3.63, 3.8) is 0 Å². The molecule has 2 rings (SSSR count). The van der Waals surface area contributed by atoms with Crippen LogP contribution in [0, 0.1) is 6.92 Å². The smallest absolute Gasteiger partial charge is 0.417 e. The van der Waals surface area contributed by atoms with Crippen LogP contribution in [0.3, 0.4) is 0 Å². The first kappa shape index (κ1) is 17.6. The van der Waals surface area contributed by atoms with Crippen molar-refractivity contribution < 1.29 is 17.9 Å². The topological polar surface area (TPSA) is 9.23 Å². The molecular weight excluding hydrogens is 369 g/mol. The molecule has 0 radical (unpaired) electrons. The molecule has 0 aliphatic carbocycles. The highest BCUT2D eigenvalue weighted by molar-refractivity contribution is 9.09. The van der Waals surface area contributed by atoms with Gasteiger partial charge in [0, 0.05) is 5.33 Å². The lowest BCUT2D eigenvalue weighted by Crippen LogP contribution is -2.14. The van der Waals surface area contributed by atoms with E-state index in [1.54, 1.807) is 24.3 Å². The highest BCUT2D eigenvalue weighted by Gasteiger charge is 2.37. The van der Waals surface area contributed by atoms with Gasteiger partial charge in [0.2, 0.25) is 0 Å². The van der Waals surface area contributed by atoms with E-state index in [2.05, 4.69) is 15.9 Å². The Bertz CT molecular complexity index is 686. The van der Waals surface area contributed by atoms with Crippen LogP contribution < -0.4 is 4.74 Å². The largest absolute Gasteiger partial charge is 0.497 e. The Balaban J connectivity index is 2.64. The molecule has 0 aliphatic rings. The predicted octanol–water partition coefficient (Wildman–Crippen LogP) is 5.87. The zero-order chi connectivity index (χ0) is 17.0. The van der Waals surface area contributed by atoms with Crippen LogP contribution in [0.2, 0.25) is 0 Å². The molecule has 23 heavy (non-hydrogen) atoms. The summed E-state index contributed by atoms with van der Waals surface area (Å²) >= 11 is 3.21. The molecule has 0 atom stereocenters. The Hall–Kier alpha value is -1.75. The van der Waals surface area contributed by atoms with Crippen LogP contribution in [0.15, 0.2) is 48.5 Å². The Morgan fingerprint density at radius 2 is 1.48 bits per heavy atom. The van der Waals surface area contributed by atoms with Gasteiger partial charge in [-0.1, -0.05) is 57.9 Å². The molecule has 0 aromatic heterocycles. The molecule has 0 amide bonds. The van der Waals surface area contributed by atoms with E-state index in [-0.39, 0.29) is 16.5 Å². The summed E-state index contributed by atoms with van der Waals surface area (Å²) in [4.78, 5) is 0. The summed E-state index contributed by atoms with van der Waals surface area (Å²) in [6.07, 6.45) is -4.46. The molecule has 0 saturated heterocycles. The molecule has 0 spiro atoms. The molecule has 0 N–H and O–H groups in total. The number of alkyl halides is 4. The van der Waals surface area contributed by atoms with Gasteiger partial charge in [-0.25, -0.2) is 0 Å². The summed E-state index contributed by atoms with van der Waals surface area (Å²) < 4.78 is 46.1. The minimum Gasteiger partial charge on any atom is -0.497 e. The summed E-state index contributed by atoms with van der Waals surface area (Å²) in [5.74, 6) is 0.519. The summed E-state index contributed by atoms with van der Waals surface area (Å²) in [5.41, 5.74) is 1.24. The monoisotopic (exact) mass is 384 g/mol. The second-order valence-corrected chi connectivity index (χ2v) is 5.64. The van der Waals surface area contributed by atoms with Crippen molar-refractivity contribution >= 4 is 27.1 Å². The van der Waals surface area contributed by atoms with Crippen molar-refractivity contribution in [3.05, 3.63) is 65.2 Å². The molecule has 0 unspecified atom stereocenters. The van der Waals surface area contributed by atoms with E-state index in [9.17, 15) is 13.2 Å². The normalized spacial score (nSPS) is 12.8. The number of benzene rings is 2. The Kier molecular flexibility index (Phi) is 5.52. The molecule has 0 bridgehead atoms. The first-order valence-electron chi connectivity index (χ1n) is 6.94. The highest BCUT2D eigenvalue weighted by atomic mass is 79.9. The average Bonchev–Trinajstić information content (AvgIpc) is 2.52. The standard InChI is InChI=1S/C18H16BrF3O/c1-12-3-5-13(6-4-12)16(11-19)17(18(20,21)22)14-7-9-15(23-2)10-8-14/h3-10H,11H2,1-2H3/b17-16-. The van der Waals surface area contributed by atoms with E-state index in [1.807, 2.05) is 6.92 Å². The number of ether oxygens (including phenoxy) is 1. The van der Waals surface area contributed by atoms with Crippen LogP contribution in [0.25, 0.3) is 11.1 Å². The molecule has 5 heteroatoms. The van der Waals surface area contributed by atoms with E-state index < -0.39 is 11.7 Å². The highest BCUT2D eigenvalue weighted by Crippen LogP contribution is 2.40. The molecule has 0 aliphatic heterocycles. The number of hydrogen-bond donors (Lipinski definition) is 0. The van der Waals surface area contributed by atoms with Gasteiger partial charge in [0.1, 0.15) is 5.75 Å². The third kappa shape index (κ3) is 4.16. The lowest BCUT2D eigenvalue weighted by atomic mass is 9.94. The van der Waals surface area contributed by atoms with Crippen LogP contribution in [0.5, 0.6) is 5.75 Å². The lowest BCUT2D eigenvalue weighted by Gasteiger charge is -2.18. The second kappa shape index (κ2) is 7.21. The van der Waals surface area contributed by atoms with Crippen molar-refractivity contribution in [1.29, 1.82) is 0 Å². The van der Waals surface area contributed by atoms with Gasteiger partial charge >= 0.3 is 6.18 Å². The number of halogens is 4. The fourth-order valence-electron chi connectivity index (χ4n) is 2.31. The van der Waals surface area contributed by atoms with E-state index in [0.29, 0.717) is 11.3 Å². The number of methoxy groups -OCH3 is 1. The number of hydrogen-bond acceptors (Lipinski definition) is 1. The summed E-state index contributed by atoms with van der Waals surface area (Å²) in [5, 5.41) is 0.108. The Labute approximate surface area is 141 Å². The van der Waals surface area contributed by atoms with E-state index in [1.165, 1.54) is 31.4 Å². The Morgan fingerprint density at radius 3 is 1.91 bits per heavy atom. The third-order valence-electron chi connectivity index (χ3n) is 3.50. The van der Waals surface area contributed by atoms with Gasteiger partial charge in [0.25, 0.3) is 0 Å². The van der Waals surface area contributed by atoms with E-state index >= 15 is 0 Å². The first-order valence-corrected chi connectivity index (χ1v) is 8.06. The second-order valence-electron chi connectivity index (χ2n) is 5.08. The summed E-state index contributed by atoms with van der Waals surface area (Å²) in [6.45, 7) is 1.90. The van der Waals surface area contributed by atoms with Crippen LogP contribution in [0.1, 0.15) is 16.7 Å². The van der Waals surface area contributed by atoms with Crippen molar-refractivity contribution in [2.45, 2.75) is 13.1 Å². The van der Waals surface area contributed by atoms with Crippen molar-refractivity contribution in [3.8, 4) is 5.75 Å². The predicted molar refractivity (Wildman–Crippen MR) is 90.8 cm³/mol. The Morgan fingerprint density at radius 1 is 0.957 bits per heavy atom. The maximum Gasteiger partial charge on any atom is 0.417 e. The van der Waals surface area contributed by atoms with Crippen molar-refractivity contribution in [2.75, 3.05) is 12.4 Å². The minimum atomic E-state index is -4.46. The van der Waals surface area contributed by atoms with Gasteiger partial charge in [0.05, 0.1) is 12.7 Å². The van der Waals surface area contributed by atoms with Crippen LogP contribution in [-0.4, -0.2) is 18.6 Å². The molecule has 0 fully saturated rings. The van der Waals surface area contributed by atoms with Crippen LogP contribution >= 0.6 is 15.9 Å². The first-order chi connectivity index (χ1) is 10.9. The van der Waals surface area contributed by atoms with Crippen LogP contribution in [0.4, 0.5) is 13.2 Å². The zero-order valence-corrected chi connectivity index (χ0v) is 14.3. The van der Waals surface area contributed by atoms with E-state index in [0.717, 1.165) is 5.56 Å². The molecule has 2 aromatic rings. The van der Waals surface area contributed by atoms with Gasteiger partial charge in [-0.2, -0.15) is 13.2 Å². The minimum absolute atomic E-state index is 0.108. The third-order valence-corrected chi connectivity index (χ3v) is 4.06. The fourth-order valence-corrected chi connectivity index (χ4v) is 2.91. The molecule has 122 valence electrons.